The highest BCUT2D eigenvalue weighted by molar-refractivity contribution is 6.10. The molecule has 0 radical (unpaired) electrons. The molecule has 140 valence electrons. The molecule has 1 aliphatic rings. The second-order valence-corrected chi connectivity index (χ2v) is 6.04. The first-order valence-corrected chi connectivity index (χ1v) is 8.01. The molecule has 1 saturated heterocycles. The van der Waals surface area contributed by atoms with E-state index in [9.17, 15) is 19.2 Å². The molecule has 27 heavy (non-hydrogen) atoms. The number of esters is 1. The van der Waals surface area contributed by atoms with Gasteiger partial charge in [-0.2, -0.15) is 0 Å². The first-order chi connectivity index (χ1) is 12.8. The number of ether oxygens (including phenoxy) is 1. The van der Waals surface area contributed by atoms with Crippen molar-refractivity contribution in [2.24, 2.45) is 0 Å². The van der Waals surface area contributed by atoms with Crippen molar-refractivity contribution in [2.75, 3.05) is 19.0 Å². The van der Waals surface area contributed by atoms with Crippen molar-refractivity contribution in [3.63, 3.8) is 0 Å². The van der Waals surface area contributed by atoms with Gasteiger partial charge in [0.25, 0.3) is 5.91 Å². The van der Waals surface area contributed by atoms with Crippen molar-refractivity contribution in [1.82, 2.24) is 10.2 Å². The second-order valence-electron chi connectivity index (χ2n) is 6.04. The molecule has 0 saturated carbocycles. The van der Waals surface area contributed by atoms with Crippen LogP contribution in [-0.4, -0.2) is 42.4 Å². The Morgan fingerprint density at radius 3 is 2.70 bits per heavy atom. The molecule has 9 heteroatoms. The number of benzene rings is 1. The minimum absolute atomic E-state index is 0.260. The Morgan fingerprint density at radius 1 is 1.26 bits per heavy atom. The molecule has 2 N–H and O–H groups in total. The lowest BCUT2D eigenvalue weighted by Gasteiger charge is -2.18. The number of furan rings is 1. The Balaban J connectivity index is 1.70. The zero-order valence-corrected chi connectivity index (χ0v) is 14.6. The summed E-state index contributed by atoms with van der Waals surface area (Å²) in [7, 11) is 1.25. The Kier molecular flexibility index (Phi) is 4.68. The van der Waals surface area contributed by atoms with E-state index in [1.807, 2.05) is 0 Å². The molecule has 9 nitrogen and oxygen atoms in total. The molecule has 0 bridgehead atoms. The summed E-state index contributed by atoms with van der Waals surface area (Å²) in [6.45, 7) is 1.02. The van der Waals surface area contributed by atoms with Crippen LogP contribution in [0.15, 0.2) is 47.1 Å². The van der Waals surface area contributed by atoms with Gasteiger partial charge in [-0.25, -0.2) is 9.59 Å². The summed E-state index contributed by atoms with van der Waals surface area (Å²) < 4.78 is 9.85. The molecule has 0 spiro atoms. The van der Waals surface area contributed by atoms with Crippen LogP contribution in [0.1, 0.15) is 23.0 Å². The summed E-state index contributed by atoms with van der Waals surface area (Å²) in [5.74, 6) is -1.46. The smallest absolute Gasteiger partial charge is 0.337 e. The predicted molar refractivity (Wildman–Crippen MR) is 92.7 cm³/mol. The van der Waals surface area contributed by atoms with E-state index in [4.69, 9.17) is 4.42 Å². The van der Waals surface area contributed by atoms with Crippen molar-refractivity contribution in [1.29, 1.82) is 0 Å². The van der Waals surface area contributed by atoms with E-state index < -0.39 is 35.9 Å². The van der Waals surface area contributed by atoms with Gasteiger partial charge in [-0.05, 0) is 37.3 Å². The quantitative estimate of drug-likeness (QED) is 0.607. The molecule has 2 heterocycles. The topological polar surface area (TPSA) is 118 Å². The van der Waals surface area contributed by atoms with Gasteiger partial charge >= 0.3 is 12.0 Å². The van der Waals surface area contributed by atoms with Gasteiger partial charge in [0, 0.05) is 5.69 Å². The van der Waals surface area contributed by atoms with Crippen LogP contribution in [0, 0.1) is 0 Å². The highest BCUT2D eigenvalue weighted by atomic mass is 16.5. The number of methoxy groups -OCH3 is 1. The maximum absolute atomic E-state index is 12.6. The second kappa shape index (κ2) is 6.94. The summed E-state index contributed by atoms with van der Waals surface area (Å²) in [5, 5.41) is 5.08. The standard InChI is InChI=1S/C18H17N3O6/c1-18(13-7-4-8-27-13)16(24)21(17(25)20-18)10-14(22)19-12-6-3-5-11(9-12)15(23)26-2/h3-9H,10H2,1-2H3,(H,19,22)(H,20,25). The van der Waals surface area contributed by atoms with E-state index in [0.717, 1.165) is 4.90 Å². The zero-order chi connectivity index (χ0) is 19.6. The van der Waals surface area contributed by atoms with Gasteiger partial charge in [-0.1, -0.05) is 6.07 Å². The van der Waals surface area contributed by atoms with E-state index in [2.05, 4.69) is 15.4 Å². The zero-order valence-electron chi connectivity index (χ0n) is 14.6. The van der Waals surface area contributed by atoms with Crippen LogP contribution in [0.5, 0.6) is 0 Å². The minimum atomic E-state index is -1.37. The number of hydrogen-bond donors (Lipinski definition) is 2. The normalized spacial score (nSPS) is 19.0. The van der Waals surface area contributed by atoms with Gasteiger partial charge < -0.3 is 19.8 Å². The average molecular weight is 371 g/mol. The Labute approximate surface area is 154 Å². The van der Waals surface area contributed by atoms with E-state index in [-0.39, 0.29) is 11.3 Å². The lowest BCUT2D eigenvalue weighted by molar-refractivity contribution is -0.134. The van der Waals surface area contributed by atoms with Crippen LogP contribution < -0.4 is 10.6 Å². The number of rotatable bonds is 5. The first-order valence-electron chi connectivity index (χ1n) is 8.01. The third kappa shape index (κ3) is 3.39. The van der Waals surface area contributed by atoms with Crippen LogP contribution in [-0.2, 0) is 19.9 Å². The molecule has 3 rings (SSSR count). The van der Waals surface area contributed by atoms with Crippen molar-refractivity contribution >= 4 is 29.5 Å². The number of carbonyl (C=O) groups is 4. The van der Waals surface area contributed by atoms with Crippen molar-refractivity contribution in [2.45, 2.75) is 12.5 Å². The predicted octanol–water partition coefficient (Wildman–Crippen LogP) is 1.47. The SMILES string of the molecule is COC(=O)c1cccc(NC(=O)CN2C(=O)NC(C)(c3ccco3)C2=O)c1. The van der Waals surface area contributed by atoms with E-state index in [0.29, 0.717) is 5.69 Å². The molecular weight excluding hydrogens is 354 g/mol. The number of carbonyl (C=O) groups excluding carboxylic acids is 4. The van der Waals surface area contributed by atoms with E-state index >= 15 is 0 Å². The highest BCUT2D eigenvalue weighted by Gasteiger charge is 2.51. The third-order valence-electron chi connectivity index (χ3n) is 4.16. The molecule has 1 fully saturated rings. The van der Waals surface area contributed by atoms with Crippen molar-refractivity contribution in [3.05, 3.63) is 54.0 Å². The number of anilines is 1. The molecule has 1 aliphatic heterocycles. The molecule has 4 amide bonds. The van der Waals surface area contributed by atoms with Gasteiger partial charge in [-0.15, -0.1) is 0 Å². The maximum Gasteiger partial charge on any atom is 0.337 e. The molecule has 1 atom stereocenters. The van der Waals surface area contributed by atoms with Gasteiger partial charge in [-0.3, -0.25) is 14.5 Å². The number of imide groups is 1. The molecule has 0 aliphatic carbocycles. The summed E-state index contributed by atoms with van der Waals surface area (Å²) >= 11 is 0. The Hall–Kier alpha value is -3.62. The van der Waals surface area contributed by atoms with Crippen LogP contribution in [0.3, 0.4) is 0 Å². The summed E-state index contributed by atoms with van der Waals surface area (Å²) in [5.41, 5.74) is -0.773. The van der Waals surface area contributed by atoms with Crippen LogP contribution >= 0.6 is 0 Å². The van der Waals surface area contributed by atoms with E-state index in [1.54, 1.807) is 24.3 Å². The molecule has 1 aromatic heterocycles. The van der Waals surface area contributed by atoms with Crippen molar-refractivity contribution < 1.29 is 28.3 Å². The Morgan fingerprint density at radius 2 is 2.04 bits per heavy atom. The fraction of sp³-hybridized carbons (Fsp3) is 0.222. The summed E-state index contributed by atoms with van der Waals surface area (Å²) in [6.07, 6.45) is 1.39. The maximum atomic E-state index is 12.6. The first kappa shape index (κ1) is 18.2. The lowest BCUT2D eigenvalue weighted by Crippen LogP contribution is -2.41. The van der Waals surface area contributed by atoms with Crippen LogP contribution in [0.4, 0.5) is 10.5 Å². The fourth-order valence-corrected chi connectivity index (χ4v) is 2.76. The summed E-state index contributed by atoms with van der Waals surface area (Å²) in [6, 6.07) is 8.59. The number of hydrogen-bond acceptors (Lipinski definition) is 6. The highest BCUT2D eigenvalue weighted by Crippen LogP contribution is 2.28. The van der Waals surface area contributed by atoms with Gasteiger partial charge in [0.1, 0.15) is 12.3 Å². The minimum Gasteiger partial charge on any atom is -0.466 e. The molecule has 1 unspecified atom stereocenters. The van der Waals surface area contributed by atoms with Gasteiger partial charge in [0.2, 0.25) is 5.91 Å². The number of nitrogens with zero attached hydrogens (tertiary/aromatic N) is 1. The van der Waals surface area contributed by atoms with Crippen molar-refractivity contribution in [3.8, 4) is 0 Å². The number of urea groups is 1. The largest absolute Gasteiger partial charge is 0.466 e. The molecule has 1 aromatic carbocycles. The molecule has 2 aromatic rings. The fourth-order valence-electron chi connectivity index (χ4n) is 2.76. The van der Waals surface area contributed by atoms with Crippen LogP contribution in [0.25, 0.3) is 0 Å². The van der Waals surface area contributed by atoms with E-state index in [1.165, 1.54) is 32.4 Å². The Bertz CT molecular complexity index is 908. The monoisotopic (exact) mass is 371 g/mol. The third-order valence-corrected chi connectivity index (χ3v) is 4.16. The lowest BCUT2D eigenvalue weighted by atomic mass is 9.99. The number of amides is 4. The van der Waals surface area contributed by atoms with Crippen LogP contribution in [0.2, 0.25) is 0 Å². The summed E-state index contributed by atoms with van der Waals surface area (Å²) in [4.78, 5) is 49.5. The van der Waals surface area contributed by atoms with Gasteiger partial charge in [0.15, 0.2) is 5.54 Å². The average Bonchev–Trinajstić information content (AvgIpc) is 3.26. The number of nitrogens with one attached hydrogen (secondary N) is 2. The molecular formula is C18H17N3O6. The van der Waals surface area contributed by atoms with Gasteiger partial charge in [0.05, 0.1) is 18.9 Å².